The van der Waals surface area contributed by atoms with Gasteiger partial charge in [0.1, 0.15) is 104 Å². The molecule has 10 aromatic carbocycles. The molecule has 0 spiro atoms. The Balaban J connectivity index is 0.000000132. The van der Waals surface area contributed by atoms with Gasteiger partial charge in [0, 0.05) is 62.9 Å². The molecule has 634 valence electrons. The summed E-state index contributed by atoms with van der Waals surface area (Å²) in [5.74, 6) is -0.454. The third kappa shape index (κ3) is 17.8. The minimum absolute atomic E-state index is 0.00481. The summed E-state index contributed by atoms with van der Waals surface area (Å²) in [6, 6.07) is 81.4. The van der Waals surface area contributed by atoms with Crippen molar-refractivity contribution in [3.05, 3.63) is 390 Å². The van der Waals surface area contributed by atoms with Crippen LogP contribution in [0.5, 0.6) is 51.7 Å². The van der Waals surface area contributed by atoms with E-state index in [0.29, 0.717) is 103 Å². The summed E-state index contributed by atoms with van der Waals surface area (Å²) in [6.45, 7) is 0. The molecule has 0 saturated carbocycles. The summed E-state index contributed by atoms with van der Waals surface area (Å²) in [7, 11) is 7.77. The van der Waals surface area contributed by atoms with Crippen molar-refractivity contribution in [2.75, 3.05) is 35.5 Å². The summed E-state index contributed by atoms with van der Waals surface area (Å²) in [4.78, 5) is 104. The van der Waals surface area contributed by atoms with Gasteiger partial charge in [-0.3, -0.25) is 37.4 Å². The molecule has 0 bridgehead atoms. The van der Waals surface area contributed by atoms with E-state index in [1.807, 2.05) is 97.1 Å². The van der Waals surface area contributed by atoms with Crippen molar-refractivity contribution in [1.29, 1.82) is 0 Å². The summed E-state index contributed by atoms with van der Waals surface area (Å²) in [5, 5.41) is 42.3. The van der Waals surface area contributed by atoms with E-state index in [1.54, 1.807) is 192 Å². The average Bonchev–Trinajstić information content (AvgIpc) is 0.752. The summed E-state index contributed by atoms with van der Waals surface area (Å²) >= 11 is 4.54. The number of nitrogens with zero attached hydrogens (tertiary/aromatic N) is 4. The van der Waals surface area contributed by atoms with E-state index in [9.17, 15) is 67.6 Å². The Morgan fingerprint density at radius 3 is 0.929 bits per heavy atom. The van der Waals surface area contributed by atoms with Crippen LogP contribution >= 0.6 is 39.5 Å². The van der Waals surface area contributed by atoms with E-state index in [4.69, 9.17) is 41.4 Å². The predicted molar refractivity (Wildman–Crippen MR) is 482 cm³/mol. The number of aromatic hydroxyl groups is 4. The molecule has 0 aliphatic rings. The largest absolute Gasteiger partial charge is 0.507 e. The highest BCUT2D eigenvalue weighted by molar-refractivity contribution is 9.10. The fraction of sp³-hybridized carbons (Fsp3) is 0.0515. The quantitative estimate of drug-likeness (QED) is 0.0658. The number of aromatic nitrogens is 4. The van der Waals surface area contributed by atoms with Gasteiger partial charge in [-0.25, -0.2) is 28.0 Å². The van der Waals surface area contributed by atoms with Crippen LogP contribution in [0.4, 0.5) is 8.78 Å². The maximum absolute atomic E-state index is 14.2. The molecule has 25 nitrogen and oxygen atoms in total. The second kappa shape index (κ2) is 37.4. The Kier molecular flexibility index (Phi) is 25.4. The van der Waals surface area contributed by atoms with Crippen LogP contribution in [0.25, 0.3) is 112 Å². The third-order valence-corrected chi connectivity index (χ3v) is 22.8. The molecule has 127 heavy (non-hydrogen) atoms. The molecule has 0 fully saturated rings. The van der Waals surface area contributed by atoms with Gasteiger partial charge in [0.25, 0.3) is 22.2 Å². The van der Waals surface area contributed by atoms with E-state index in [2.05, 4.69) is 15.9 Å². The van der Waals surface area contributed by atoms with Crippen molar-refractivity contribution < 1.29 is 70.6 Å². The van der Waals surface area contributed by atoms with E-state index >= 15 is 0 Å². The standard InChI is InChI=1S/C28H21NO6S.C27H17F2NO5S.C21H14BrNO5.C21H15NO5/c1-33-19-10-8-18(9-11-19)29-22(17-6-4-3-5-7-17)16-23-24(27(29)31)25(30)26(28(32)35-23)36-21-14-12-20(34-2)13-15-21;1-34-18-10-8-17(9-11-18)30-20(15-5-3-2-4-6-15)14-21-23(26(30)32)24(31)25(27(33)35-21)36-22-12-7-16(28)13-19(22)29;1-27-14-9-7-13(8-10-14)23-15(12-5-3-2-4-6-12)11-16-17(20(23)25)19(24)18(22)21(26)28-16;1-26-15-9-7-14(8-10-15)22-16(13-5-3-2-4-6-13)11-18-20(21(22)25)17(23)12-19(24)27-18/h3-16,30H,1-2H3;2-14,31H,1H3;2-11,24H,1H3;2-12,23H,1H3. The first-order chi connectivity index (χ1) is 61.4. The molecule has 18 aromatic rings. The molecule has 8 heterocycles. The topological polar surface area (TPSA) is 336 Å². The molecular weight excluding hydrogens is 1740 g/mol. The van der Waals surface area contributed by atoms with Gasteiger partial charge in [-0.05, 0) is 172 Å². The molecule has 8 aromatic heterocycles. The van der Waals surface area contributed by atoms with Gasteiger partial charge in [0.15, 0.2) is 17.2 Å². The fourth-order valence-electron chi connectivity index (χ4n) is 13.8. The summed E-state index contributed by atoms with van der Waals surface area (Å²) in [5.41, 5.74) is 1.70. The third-order valence-electron chi connectivity index (χ3n) is 19.9. The minimum atomic E-state index is -0.964. The first-order valence-electron chi connectivity index (χ1n) is 38.2. The van der Waals surface area contributed by atoms with Crippen molar-refractivity contribution in [1.82, 2.24) is 18.3 Å². The number of ether oxygens (including phenoxy) is 5. The molecular formula is C97H67BrF2N4O21S2. The van der Waals surface area contributed by atoms with E-state index in [1.165, 1.54) is 31.4 Å². The Bertz CT molecular complexity index is 7730. The highest BCUT2D eigenvalue weighted by Gasteiger charge is 2.28. The van der Waals surface area contributed by atoms with Crippen LogP contribution in [-0.4, -0.2) is 74.2 Å². The minimum Gasteiger partial charge on any atom is -0.507 e. The molecule has 0 atom stereocenters. The van der Waals surface area contributed by atoms with Crippen molar-refractivity contribution >= 4 is 83.3 Å². The van der Waals surface area contributed by atoms with Gasteiger partial charge in [-0.2, -0.15) is 0 Å². The first kappa shape index (κ1) is 86.0. The number of methoxy groups -OCH3 is 5. The molecule has 0 aliphatic carbocycles. The van der Waals surface area contributed by atoms with Gasteiger partial charge < -0.3 is 61.8 Å². The highest BCUT2D eigenvalue weighted by atomic mass is 79.9. The molecule has 18 rings (SSSR count). The van der Waals surface area contributed by atoms with Crippen molar-refractivity contribution in [3.63, 3.8) is 0 Å². The van der Waals surface area contributed by atoms with Crippen molar-refractivity contribution in [3.8, 4) is 120 Å². The molecule has 0 radical (unpaired) electrons. The number of hydrogen-bond acceptors (Lipinski definition) is 23. The lowest BCUT2D eigenvalue weighted by atomic mass is 10.1. The van der Waals surface area contributed by atoms with Gasteiger partial charge in [-0.1, -0.05) is 145 Å². The Morgan fingerprint density at radius 2 is 0.606 bits per heavy atom. The van der Waals surface area contributed by atoms with Gasteiger partial charge >= 0.3 is 22.5 Å². The van der Waals surface area contributed by atoms with Crippen LogP contribution in [0.2, 0.25) is 0 Å². The summed E-state index contributed by atoms with van der Waals surface area (Å²) in [6.07, 6.45) is 0. The SMILES string of the molecule is COc1ccc(-n2c(-c3ccccc3)cc3oc(=O)c(Br)c(O)c3c2=O)cc1.COc1ccc(-n2c(-c3ccccc3)cc3oc(=O)c(Sc4ccc(F)cc4F)c(O)c3c2=O)cc1.COc1ccc(-n2c(-c3ccccc3)cc3oc(=O)cc(O)c3c2=O)cc1.COc1ccc(Sc2c(O)c3c(=O)n(-c4ccc(OC)cc4)c(-c4ccccc4)cc3oc2=O)cc1. The lowest BCUT2D eigenvalue weighted by molar-refractivity contribution is 0.414. The van der Waals surface area contributed by atoms with E-state index in [0.717, 1.165) is 46.7 Å². The molecule has 0 amide bonds. The number of benzene rings is 10. The van der Waals surface area contributed by atoms with Gasteiger partial charge in [-0.15, -0.1) is 0 Å². The van der Waals surface area contributed by atoms with Crippen LogP contribution in [0.1, 0.15) is 0 Å². The van der Waals surface area contributed by atoms with Crippen LogP contribution in [0, 0.1) is 11.6 Å². The normalized spacial score (nSPS) is 11.0. The maximum atomic E-state index is 14.2. The zero-order valence-electron chi connectivity index (χ0n) is 67.2. The zero-order chi connectivity index (χ0) is 89.4. The molecule has 30 heteroatoms. The lowest BCUT2D eigenvalue weighted by Gasteiger charge is -2.16. The van der Waals surface area contributed by atoms with E-state index in [-0.39, 0.29) is 63.0 Å². The first-order valence-corrected chi connectivity index (χ1v) is 40.6. The maximum Gasteiger partial charge on any atom is 0.354 e. The van der Waals surface area contributed by atoms with Gasteiger partial charge in [0.2, 0.25) is 0 Å². The number of halogens is 3. The number of hydrogen-bond donors (Lipinski definition) is 4. The van der Waals surface area contributed by atoms with Crippen molar-refractivity contribution in [2.45, 2.75) is 19.6 Å². The number of rotatable bonds is 17. The monoisotopic (exact) mass is 1800 g/mol. The second-order valence-electron chi connectivity index (χ2n) is 27.5. The Labute approximate surface area is 732 Å². The molecule has 0 unspecified atom stereocenters. The lowest BCUT2D eigenvalue weighted by Crippen LogP contribution is -2.21. The molecule has 0 saturated heterocycles. The van der Waals surface area contributed by atoms with Crippen LogP contribution in [-0.2, 0) is 0 Å². The van der Waals surface area contributed by atoms with Crippen LogP contribution in [0.15, 0.2) is 371 Å². The van der Waals surface area contributed by atoms with E-state index < -0.39 is 79.4 Å². The second-order valence-corrected chi connectivity index (χ2v) is 30.4. The van der Waals surface area contributed by atoms with Crippen LogP contribution < -0.4 is 68.4 Å². The molecule has 0 aliphatic heterocycles. The Hall–Kier alpha value is -15.9. The Morgan fingerprint density at radius 1 is 0.315 bits per heavy atom. The number of fused-ring (bicyclic) bond motifs is 4. The predicted octanol–water partition coefficient (Wildman–Crippen LogP) is 18.7. The smallest absolute Gasteiger partial charge is 0.354 e. The molecule has 4 N–H and O–H groups in total. The number of pyridine rings is 4. The van der Waals surface area contributed by atoms with Crippen LogP contribution in [0.3, 0.4) is 0 Å². The van der Waals surface area contributed by atoms with Crippen molar-refractivity contribution in [2.24, 2.45) is 0 Å². The van der Waals surface area contributed by atoms with Gasteiger partial charge in [0.05, 0.1) is 64.4 Å². The highest BCUT2D eigenvalue weighted by Crippen LogP contribution is 2.42. The fourth-order valence-corrected chi connectivity index (χ4v) is 15.7. The summed E-state index contributed by atoms with van der Waals surface area (Å²) < 4.78 is 80.5. The average molecular weight is 1810 g/mol. The zero-order valence-corrected chi connectivity index (χ0v) is 70.4.